The fourth-order valence-corrected chi connectivity index (χ4v) is 2.45. The van der Waals surface area contributed by atoms with Gasteiger partial charge in [0.15, 0.2) is 0 Å². The van der Waals surface area contributed by atoms with Crippen molar-refractivity contribution in [2.45, 2.75) is 25.8 Å². The Morgan fingerprint density at radius 3 is 2.81 bits per heavy atom. The molecule has 3 atom stereocenters. The lowest BCUT2D eigenvalue weighted by molar-refractivity contribution is 0.406. The molecule has 0 radical (unpaired) electrons. The van der Waals surface area contributed by atoms with Crippen LogP contribution in [0.5, 0.6) is 5.75 Å². The average molecular weight is 240 g/mol. The summed E-state index contributed by atoms with van der Waals surface area (Å²) in [6.07, 6.45) is 2.10. The summed E-state index contributed by atoms with van der Waals surface area (Å²) in [5, 5.41) is 0.742. The van der Waals surface area contributed by atoms with Gasteiger partial charge in [-0.3, -0.25) is 0 Å². The van der Waals surface area contributed by atoms with E-state index in [2.05, 4.69) is 6.92 Å². The van der Waals surface area contributed by atoms with E-state index in [0.29, 0.717) is 5.92 Å². The summed E-state index contributed by atoms with van der Waals surface area (Å²) >= 11 is 5.98. The van der Waals surface area contributed by atoms with Crippen molar-refractivity contribution in [2.24, 2.45) is 17.6 Å². The molecule has 3 heteroatoms. The molecule has 88 valence electrons. The number of hydrogen-bond donors (Lipinski definition) is 1. The third kappa shape index (κ3) is 2.50. The van der Waals surface area contributed by atoms with Crippen LogP contribution in [0.1, 0.15) is 18.9 Å². The Balaban J connectivity index is 2.10. The van der Waals surface area contributed by atoms with Crippen molar-refractivity contribution >= 4 is 11.6 Å². The summed E-state index contributed by atoms with van der Waals surface area (Å²) in [7, 11) is 1.68. The minimum absolute atomic E-state index is 0.224. The van der Waals surface area contributed by atoms with Crippen molar-refractivity contribution in [2.75, 3.05) is 7.11 Å². The Hall–Kier alpha value is -0.730. The zero-order valence-corrected chi connectivity index (χ0v) is 10.5. The minimum Gasteiger partial charge on any atom is -0.496 e. The number of methoxy groups -OCH3 is 1. The van der Waals surface area contributed by atoms with Gasteiger partial charge in [-0.15, -0.1) is 0 Å². The molecule has 16 heavy (non-hydrogen) atoms. The van der Waals surface area contributed by atoms with Crippen molar-refractivity contribution in [3.8, 4) is 5.75 Å². The van der Waals surface area contributed by atoms with Gasteiger partial charge in [-0.25, -0.2) is 0 Å². The van der Waals surface area contributed by atoms with Gasteiger partial charge < -0.3 is 10.5 Å². The van der Waals surface area contributed by atoms with Gasteiger partial charge in [0.05, 0.1) is 7.11 Å². The molecule has 0 saturated heterocycles. The van der Waals surface area contributed by atoms with Crippen molar-refractivity contribution in [3.63, 3.8) is 0 Å². The van der Waals surface area contributed by atoms with E-state index in [-0.39, 0.29) is 6.04 Å². The Bertz CT molecular complexity index is 380. The maximum atomic E-state index is 6.18. The number of halogens is 1. The van der Waals surface area contributed by atoms with E-state index in [9.17, 15) is 0 Å². The number of nitrogens with two attached hydrogens (primary N) is 1. The molecule has 1 saturated carbocycles. The van der Waals surface area contributed by atoms with E-state index in [1.54, 1.807) is 7.11 Å². The molecule has 1 aromatic carbocycles. The molecule has 0 bridgehead atoms. The molecule has 3 unspecified atom stereocenters. The van der Waals surface area contributed by atoms with E-state index in [1.807, 2.05) is 18.2 Å². The van der Waals surface area contributed by atoms with Gasteiger partial charge >= 0.3 is 0 Å². The average Bonchev–Trinajstić information content (AvgIpc) is 2.96. The second-order valence-corrected chi connectivity index (χ2v) is 5.14. The second-order valence-electron chi connectivity index (χ2n) is 4.70. The van der Waals surface area contributed by atoms with Crippen molar-refractivity contribution in [1.82, 2.24) is 0 Å². The highest BCUT2D eigenvalue weighted by molar-refractivity contribution is 6.30. The molecule has 2 nitrogen and oxygen atoms in total. The summed E-state index contributed by atoms with van der Waals surface area (Å²) in [5.41, 5.74) is 7.29. The summed E-state index contributed by atoms with van der Waals surface area (Å²) in [6, 6.07) is 5.92. The fourth-order valence-electron chi connectivity index (χ4n) is 2.26. The van der Waals surface area contributed by atoms with Crippen LogP contribution < -0.4 is 10.5 Å². The Morgan fingerprint density at radius 1 is 1.56 bits per heavy atom. The number of hydrogen-bond acceptors (Lipinski definition) is 2. The maximum Gasteiger partial charge on any atom is 0.122 e. The van der Waals surface area contributed by atoms with Gasteiger partial charge in [-0.05, 0) is 48.4 Å². The van der Waals surface area contributed by atoms with Crippen LogP contribution in [0.25, 0.3) is 0 Å². The van der Waals surface area contributed by atoms with Crippen LogP contribution in [-0.4, -0.2) is 13.2 Å². The fraction of sp³-hybridized carbons (Fsp3) is 0.538. The van der Waals surface area contributed by atoms with Crippen LogP contribution in [0.3, 0.4) is 0 Å². The second kappa shape index (κ2) is 4.64. The molecular formula is C13H18ClNO. The van der Waals surface area contributed by atoms with Gasteiger partial charge in [-0.1, -0.05) is 18.5 Å². The molecule has 2 N–H and O–H groups in total. The predicted octanol–water partition coefficient (Wildman–Crippen LogP) is 2.87. The summed E-state index contributed by atoms with van der Waals surface area (Å²) < 4.78 is 5.31. The molecule has 0 aromatic heterocycles. The molecule has 1 aliphatic carbocycles. The molecule has 0 amide bonds. The highest BCUT2D eigenvalue weighted by atomic mass is 35.5. The number of ether oxygens (including phenoxy) is 1. The molecule has 0 aliphatic heterocycles. The van der Waals surface area contributed by atoms with Crippen molar-refractivity contribution < 1.29 is 4.74 Å². The van der Waals surface area contributed by atoms with Gasteiger partial charge in [0.1, 0.15) is 5.75 Å². The quantitative estimate of drug-likeness (QED) is 0.877. The number of rotatable bonds is 4. The molecule has 0 spiro atoms. The van der Waals surface area contributed by atoms with E-state index in [4.69, 9.17) is 22.1 Å². The van der Waals surface area contributed by atoms with Crippen LogP contribution in [-0.2, 0) is 6.42 Å². The lowest BCUT2D eigenvalue weighted by atomic mass is 10.0. The van der Waals surface area contributed by atoms with Gasteiger partial charge in [0.2, 0.25) is 0 Å². The van der Waals surface area contributed by atoms with Crippen LogP contribution >= 0.6 is 11.6 Å². The first-order valence-electron chi connectivity index (χ1n) is 5.70. The standard InChI is InChI=1S/C13H18ClNO/c1-8-5-11(8)12(15)7-9-6-10(14)3-4-13(9)16-2/h3-4,6,8,11-12H,5,7,15H2,1-2H3. The highest BCUT2D eigenvalue weighted by Gasteiger charge is 2.37. The third-order valence-corrected chi connectivity index (χ3v) is 3.65. The summed E-state index contributed by atoms with van der Waals surface area (Å²) in [5.74, 6) is 2.33. The molecule has 1 aromatic rings. The Kier molecular flexibility index (Phi) is 3.41. The SMILES string of the molecule is COc1ccc(Cl)cc1CC(N)C1CC1C. The Morgan fingerprint density at radius 2 is 2.25 bits per heavy atom. The van der Waals surface area contributed by atoms with Crippen molar-refractivity contribution in [1.29, 1.82) is 0 Å². The summed E-state index contributed by atoms with van der Waals surface area (Å²) in [6.45, 7) is 2.25. The van der Waals surface area contributed by atoms with E-state index < -0.39 is 0 Å². The van der Waals surface area contributed by atoms with E-state index in [0.717, 1.165) is 28.7 Å². The monoisotopic (exact) mass is 239 g/mol. The van der Waals surface area contributed by atoms with Crippen LogP contribution in [0.4, 0.5) is 0 Å². The highest BCUT2D eigenvalue weighted by Crippen LogP contribution is 2.41. The van der Waals surface area contributed by atoms with Gasteiger partial charge in [0, 0.05) is 11.1 Å². The Labute approximate surface area is 102 Å². The lowest BCUT2D eigenvalue weighted by Gasteiger charge is -2.14. The zero-order valence-electron chi connectivity index (χ0n) is 9.74. The predicted molar refractivity (Wildman–Crippen MR) is 67.0 cm³/mol. The van der Waals surface area contributed by atoms with E-state index in [1.165, 1.54) is 6.42 Å². The smallest absolute Gasteiger partial charge is 0.122 e. The van der Waals surface area contributed by atoms with Crippen molar-refractivity contribution in [3.05, 3.63) is 28.8 Å². The molecule has 0 heterocycles. The van der Waals surface area contributed by atoms with Crippen LogP contribution in [0.15, 0.2) is 18.2 Å². The first kappa shape index (κ1) is 11.7. The molecule has 2 rings (SSSR count). The van der Waals surface area contributed by atoms with Gasteiger partial charge in [-0.2, -0.15) is 0 Å². The topological polar surface area (TPSA) is 35.2 Å². The molecule has 1 fully saturated rings. The van der Waals surface area contributed by atoms with Gasteiger partial charge in [0.25, 0.3) is 0 Å². The van der Waals surface area contributed by atoms with Crippen LogP contribution in [0.2, 0.25) is 5.02 Å². The van der Waals surface area contributed by atoms with E-state index >= 15 is 0 Å². The third-order valence-electron chi connectivity index (χ3n) is 3.42. The largest absolute Gasteiger partial charge is 0.496 e. The first-order valence-corrected chi connectivity index (χ1v) is 6.07. The normalized spacial score (nSPS) is 25.2. The lowest BCUT2D eigenvalue weighted by Crippen LogP contribution is -2.26. The molecule has 1 aliphatic rings. The van der Waals surface area contributed by atoms with Crippen LogP contribution in [0, 0.1) is 11.8 Å². The number of benzene rings is 1. The first-order chi connectivity index (χ1) is 7.61. The molecular weight excluding hydrogens is 222 g/mol. The minimum atomic E-state index is 0.224. The maximum absolute atomic E-state index is 6.18. The zero-order chi connectivity index (χ0) is 11.7. The summed E-state index contributed by atoms with van der Waals surface area (Å²) in [4.78, 5) is 0.